The smallest absolute Gasteiger partial charge is 0.252 e. The van der Waals surface area contributed by atoms with Crippen LogP contribution in [0.3, 0.4) is 0 Å². The molecule has 0 saturated carbocycles. The Morgan fingerprint density at radius 3 is 2.88 bits per heavy atom. The van der Waals surface area contributed by atoms with Crippen LogP contribution < -0.4 is 11.1 Å². The Hall–Kier alpha value is -1.37. The van der Waals surface area contributed by atoms with Crippen molar-refractivity contribution in [1.82, 2.24) is 10.3 Å². The van der Waals surface area contributed by atoms with Crippen molar-refractivity contribution in [2.45, 2.75) is 49.8 Å². The summed E-state index contributed by atoms with van der Waals surface area (Å²) in [5, 5.41) is 6.21. The van der Waals surface area contributed by atoms with Crippen molar-refractivity contribution in [2.75, 3.05) is 6.54 Å². The molecule has 0 saturated heterocycles. The van der Waals surface area contributed by atoms with Gasteiger partial charge in [-0.15, -0.1) is 23.1 Å². The number of hydrogen-bond donors (Lipinski definition) is 2. The Morgan fingerprint density at radius 1 is 1.42 bits per heavy atom. The summed E-state index contributed by atoms with van der Waals surface area (Å²) in [6.07, 6.45) is 3.10. The zero-order valence-corrected chi connectivity index (χ0v) is 15.9. The lowest BCUT2D eigenvalue weighted by atomic mass is 10.1. The summed E-state index contributed by atoms with van der Waals surface area (Å²) in [5.74, 6) is 0.726. The zero-order chi connectivity index (χ0) is 17.4. The van der Waals surface area contributed by atoms with Crippen LogP contribution in [0.5, 0.6) is 0 Å². The van der Waals surface area contributed by atoms with Gasteiger partial charge in [-0.05, 0) is 25.5 Å². The first-order valence-electron chi connectivity index (χ1n) is 8.27. The molecule has 0 bridgehead atoms. The molecule has 130 valence electrons. The number of aryl methyl sites for hydroxylation is 1. The first-order chi connectivity index (χ1) is 11.6. The first kappa shape index (κ1) is 19.0. The minimum absolute atomic E-state index is 0.0386. The minimum atomic E-state index is -0.0425. The van der Waals surface area contributed by atoms with Gasteiger partial charge in [0.15, 0.2) is 0 Å². The van der Waals surface area contributed by atoms with Gasteiger partial charge in [-0.2, -0.15) is 0 Å². The van der Waals surface area contributed by atoms with Crippen LogP contribution in [0.4, 0.5) is 0 Å². The molecule has 24 heavy (non-hydrogen) atoms. The van der Waals surface area contributed by atoms with E-state index in [4.69, 9.17) is 5.73 Å². The van der Waals surface area contributed by atoms with E-state index in [1.165, 1.54) is 0 Å². The highest BCUT2D eigenvalue weighted by Gasteiger charge is 2.15. The van der Waals surface area contributed by atoms with Crippen LogP contribution in [-0.4, -0.2) is 23.5 Å². The van der Waals surface area contributed by atoms with Crippen LogP contribution in [0.15, 0.2) is 34.5 Å². The fourth-order valence-electron chi connectivity index (χ4n) is 2.37. The summed E-state index contributed by atoms with van der Waals surface area (Å²) in [4.78, 5) is 18.1. The average Bonchev–Trinajstić information content (AvgIpc) is 3.02. The molecule has 1 amide bonds. The number of amides is 1. The number of unbranched alkanes of at least 4 members (excludes halogenated alkanes) is 1. The number of rotatable bonds is 9. The van der Waals surface area contributed by atoms with Crippen molar-refractivity contribution in [2.24, 2.45) is 5.73 Å². The third-order valence-corrected chi connectivity index (χ3v) is 5.63. The highest BCUT2D eigenvalue weighted by atomic mass is 32.2. The predicted octanol–water partition coefficient (Wildman–Crippen LogP) is 3.99. The van der Waals surface area contributed by atoms with Crippen molar-refractivity contribution < 1.29 is 4.79 Å². The summed E-state index contributed by atoms with van der Waals surface area (Å²) < 4.78 is 0. The van der Waals surface area contributed by atoms with Crippen LogP contribution in [0.2, 0.25) is 0 Å². The SMILES string of the molecule is CCCCC(CN)NC(=O)c1ccccc1SCc1csc(C)n1. The Balaban J connectivity index is 2.02. The Kier molecular flexibility index (Phi) is 7.75. The van der Waals surface area contributed by atoms with Crippen LogP contribution in [0, 0.1) is 6.92 Å². The lowest BCUT2D eigenvalue weighted by Crippen LogP contribution is -2.40. The fraction of sp³-hybridized carbons (Fsp3) is 0.444. The van der Waals surface area contributed by atoms with E-state index in [0.717, 1.165) is 40.6 Å². The van der Waals surface area contributed by atoms with Gasteiger partial charge in [0.25, 0.3) is 5.91 Å². The maximum atomic E-state index is 12.6. The lowest BCUT2D eigenvalue weighted by molar-refractivity contribution is 0.0933. The number of carbonyl (C=O) groups is 1. The van der Waals surface area contributed by atoms with E-state index in [9.17, 15) is 4.79 Å². The van der Waals surface area contributed by atoms with E-state index in [1.54, 1.807) is 23.1 Å². The van der Waals surface area contributed by atoms with E-state index in [0.29, 0.717) is 12.1 Å². The molecular weight excluding hydrogens is 338 g/mol. The molecule has 1 unspecified atom stereocenters. The Labute approximate surface area is 152 Å². The van der Waals surface area contributed by atoms with E-state index < -0.39 is 0 Å². The molecule has 3 N–H and O–H groups in total. The molecule has 2 aromatic rings. The molecule has 1 heterocycles. The minimum Gasteiger partial charge on any atom is -0.348 e. The molecule has 0 aliphatic heterocycles. The number of benzene rings is 1. The summed E-state index contributed by atoms with van der Waals surface area (Å²) in [6.45, 7) is 4.62. The van der Waals surface area contributed by atoms with Crippen molar-refractivity contribution >= 4 is 29.0 Å². The van der Waals surface area contributed by atoms with Crippen molar-refractivity contribution in [3.05, 3.63) is 45.9 Å². The van der Waals surface area contributed by atoms with Gasteiger partial charge in [0.2, 0.25) is 0 Å². The highest BCUT2D eigenvalue weighted by molar-refractivity contribution is 7.98. The average molecular weight is 364 g/mol. The van der Waals surface area contributed by atoms with Gasteiger partial charge in [0.05, 0.1) is 16.3 Å². The maximum absolute atomic E-state index is 12.6. The second-order valence-electron chi connectivity index (χ2n) is 5.69. The lowest BCUT2D eigenvalue weighted by Gasteiger charge is -2.17. The molecular formula is C18H25N3OS2. The quantitative estimate of drug-likeness (QED) is 0.661. The Bertz CT molecular complexity index is 657. The van der Waals surface area contributed by atoms with Gasteiger partial charge in [0.1, 0.15) is 0 Å². The number of carbonyl (C=O) groups excluding carboxylic acids is 1. The van der Waals surface area contributed by atoms with Gasteiger partial charge >= 0.3 is 0 Å². The first-order valence-corrected chi connectivity index (χ1v) is 10.1. The predicted molar refractivity (Wildman–Crippen MR) is 103 cm³/mol. The highest BCUT2D eigenvalue weighted by Crippen LogP contribution is 2.27. The van der Waals surface area contributed by atoms with Gasteiger partial charge in [-0.3, -0.25) is 4.79 Å². The van der Waals surface area contributed by atoms with Crippen LogP contribution in [0.25, 0.3) is 0 Å². The normalized spacial score (nSPS) is 12.1. The van der Waals surface area contributed by atoms with Crippen molar-refractivity contribution in [1.29, 1.82) is 0 Å². The Morgan fingerprint density at radius 2 is 2.21 bits per heavy atom. The molecule has 6 heteroatoms. The molecule has 4 nitrogen and oxygen atoms in total. The molecule has 0 aliphatic rings. The topological polar surface area (TPSA) is 68.0 Å². The van der Waals surface area contributed by atoms with Gasteiger partial charge < -0.3 is 11.1 Å². The third kappa shape index (κ3) is 5.61. The molecule has 0 radical (unpaired) electrons. The number of nitrogens with zero attached hydrogens (tertiary/aromatic N) is 1. The van der Waals surface area contributed by atoms with E-state index in [-0.39, 0.29) is 11.9 Å². The largest absolute Gasteiger partial charge is 0.348 e. The molecule has 0 aliphatic carbocycles. The summed E-state index contributed by atoms with van der Waals surface area (Å²) in [6, 6.07) is 7.76. The standard InChI is InChI=1S/C18H25N3OS2/c1-3-4-7-14(10-19)21-18(22)16-8-5-6-9-17(16)24-12-15-11-23-13(2)20-15/h5-6,8-9,11,14H,3-4,7,10,12,19H2,1-2H3,(H,21,22). The summed E-state index contributed by atoms with van der Waals surface area (Å²) >= 11 is 3.30. The molecule has 1 atom stereocenters. The van der Waals surface area contributed by atoms with Gasteiger partial charge in [-0.25, -0.2) is 4.98 Å². The molecule has 0 fully saturated rings. The zero-order valence-electron chi connectivity index (χ0n) is 14.2. The third-order valence-electron chi connectivity index (χ3n) is 3.70. The second kappa shape index (κ2) is 9.81. The van der Waals surface area contributed by atoms with Gasteiger partial charge in [-0.1, -0.05) is 31.9 Å². The number of nitrogens with one attached hydrogen (secondary N) is 1. The molecule has 1 aromatic carbocycles. The van der Waals surface area contributed by atoms with Crippen LogP contribution in [-0.2, 0) is 5.75 Å². The number of nitrogens with two attached hydrogens (primary N) is 1. The number of thioether (sulfide) groups is 1. The van der Waals surface area contributed by atoms with Gasteiger partial charge in [0, 0.05) is 28.6 Å². The molecule has 0 spiro atoms. The summed E-state index contributed by atoms with van der Waals surface area (Å²) in [7, 11) is 0. The van der Waals surface area contributed by atoms with E-state index in [1.807, 2.05) is 31.2 Å². The number of aromatic nitrogens is 1. The van der Waals surface area contributed by atoms with Crippen LogP contribution >= 0.6 is 23.1 Å². The fourth-order valence-corrected chi connectivity index (χ4v) is 4.03. The number of thiazole rings is 1. The number of hydrogen-bond acceptors (Lipinski definition) is 5. The van der Waals surface area contributed by atoms with Crippen molar-refractivity contribution in [3.8, 4) is 0 Å². The van der Waals surface area contributed by atoms with Crippen molar-refractivity contribution in [3.63, 3.8) is 0 Å². The molecule has 2 rings (SSSR count). The summed E-state index contributed by atoms with van der Waals surface area (Å²) in [5.41, 5.74) is 7.56. The second-order valence-corrected chi connectivity index (χ2v) is 7.77. The van der Waals surface area contributed by atoms with E-state index in [2.05, 4.69) is 22.6 Å². The van der Waals surface area contributed by atoms with E-state index >= 15 is 0 Å². The maximum Gasteiger partial charge on any atom is 0.252 e. The van der Waals surface area contributed by atoms with Crippen LogP contribution in [0.1, 0.15) is 47.2 Å². The molecule has 1 aromatic heterocycles. The monoisotopic (exact) mass is 363 g/mol.